The molecule has 0 aliphatic carbocycles. The van der Waals surface area contributed by atoms with Crippen molar-refractivity contribution in [2.75, 3.05) is 20.3 Å². The Balaban J connectivity index is 2.62. The van der Waals surface area contributed by atoms with Gasteiger partial charge in [0.15, 0.2) is 0 Å². The quantitative estimate of drug-likeness (QED) is 0.629. The molecule has 1 atom stereocenters. The van der Waals surface area contributed by atoms with E-state index in [0.29, 0.717) is 6.61 Å². The van der Waals surface area contributed by atoms with E-state index in [0.717, 1.165) is 0 Å². The summed E-state index contributed by atoms with van der Waals surface area (Å²) in [5.41, 5.74) is 0. The number of ether oxygens (including phenoxy) is 2. The van der Waals surface area contributed by atoms with Crippen LogP contribution in [0.4, 0.5) is 4.79 Å². The summed E-state index contributed by atoms with van der Waals surface area (Å²) in [5, 5.41) is 0. The van der Waals surface area contributed by atoms with Crippen molar-refractivity contribution in [2.24, 2.45) is 5.92 Å². The highest BCUT2D eigenvalue weighted by Crippen LogP contribution is 2.18. The van der Waals surface area contributed by atoms with Crippen LogP contribution in [-0.4, -0.2) is 43.3 Å². The van der Waals surface area contributed by atoms with Gasteiger partial charge >= 0.3 is 12.1 Å². The van der Waals surface area contributed by atoms with E-state index in [2.05, 4.69) is 4.74 Å². The number of hydrogen-bond donors (Lipinski definition) is 0. The van der Waals surface area contributed by atoms with Crippen LogP contribution in [0.15, 0.2) is 0 Å². The first kappa shape index (κ1) is 10.8. The zero-order chi connectivity index (χ0) is 10.7. The van der Waals surface area contributed by atoms with Gasteiger partial charge in [0.25, 0.3) is 0 Å². The third-order valence-electron chi connectivity index (χ3n) is 2.31. The first-order chi connectivity index (χ1) is 6.56. The molecule has 80 valence electrons. The maximum absolute atomic E-state index is 11.2. The van der Waals surface area contributed by atoms with Crippen molar-refractivity contribution >= 4 is 12.1 Å². The summed E-state index contributed by atoms with van der Waals surface area (Å²) in [6.07, 6.45) is -0.436. The van der Waals surface area contributed by atoms with E-state index in [4.69, 9.17) is 4.74 Å². The van der Waals surface area contributed by atoms with Crippen molar-refractivity contribution < 1.29 is 19.1 Å². The highest BCUT2D eigenvalue weighted by Gasteiger charge is 2.36. The molecule has 0 N–H and O–H groups in total. The van der Waals surface area contributed by atoms with Crippen LogP contribution in [0.5, 0.6) is 0 Å². The summed E-state index contributed by atoms with van der Waals surface area (Å²) in [5.74, 6) is -0.152. The third kappa shape index (κ3) is 2.16. The monoisotopic (exact) mass is 201 g/mol. The van der Waals surface area contributed by atoms with Gasteiger partial charge in [0, 0.05) is 0 Å². The summed E-state index contributed by atoms with van der Waals surface area (Å²) >= 11 is 0. The number of methoxy groups -OCH3 is 1. The van der Waals surface area contributed by atoms with Gasteiger partial charge in [-0.15, -0.1) is 0 Å². The molecule has 1 heterocycles. The first-order valence-corrected chi connectivity index (χ1v) is 4.56. The lowest BCUT2D eigenvalue weighted by Crippen LogP contribution is -2.40. The minimum atomic E-state index is -0.436. The van der Waals surface area contributed by atoms with Crippen LogP contribution >= 0.6 is 0 Å². The first-order valence-electron chi connectivity index (χ1n) is 4.56. The van der Waals surface area contributed by atoms with Crippen molar-refractivity contribution in [3.05, 3.63) is 0 Å². The Kier molecular flexibility index (Phi) is 3.33. The van der Waals surface area contributed by atoms with Gasteiger partial charge in [0.2, 0.25) is 0 Å². The Bertz CT molecular complexity index is 239. The van der Waals surface area contributed by atoms with Gasteiger partial charge in [-0.25, -0.2) is 4.79 Å². The normalized spacial score (nSPS) is 21.3. The predicted octanol–water partition coefficient (Wildman–Crippen LogP) is 0.636. The minimum Gasteiger partial charge on any atom is -0.468 e. The third-order valence-corrected chi connectivity index (χ3v) is 2.31. The number of cyclic esters (lactones) is 1. The number of hydrogen-bond acceptors (Lipinski definition) is 4. The molecule has 0 bridgehead atoms. The Morgan fingerprint density at radius 2 is 2.36 bits per heavy atom. The fourth-order valence-electron chi connectivity index (χ4n) is 1.40. The molecule has 1 saturated heterocycles. The topological polar surface area (TPSA) is 55.8 Å². The van der Waals surface area contributed by atoms with Crippen LogP contribution in [0.25, 0.3) is 0 Å². The van der Waals surface area contributed by atoms with Gasteiger partial charge in [-0.3, -0.25) is 9.69 Å². The molecule has 1 amide bonds. The van der Waals surface area contributed by atoms with Gasteiger partial charge < -0.3 is 9.47 Å². The average Bonchev–Trinajstić information content (AvgIpc) is 2.48. The molecule has 1 aliphatic rings. The zero-order valence-corrected chi connectivity index (χ0v) is 8.65. The van der Waals surface area contributed by atoms with E-state index in [1.54, 1.807) is 0 Å². The number of amides is 1. The van der Waals surface area contributed by atoms with Crippen LogP contribution in [0, 0.1) is 5.92 Å². The molecule has 1 aliphatic heterocycles. The van der Waals surface area contributed by atoms with Crippen LogP contribution < -0.4 is 0 Å². The minimum absolute atomic E-state index is 0.0263. The summed E-state index contributed by atoms with van der Waals surface area (Å²) < 4.78 is 9.36. The van der Waals surface area contributed by atoms with E-state index in [-0.39, 0.29) is 18.5 Å². The van der Waals surface area contributed by atoms with Crippen LogP contribution in [0.3, 0.4) is 0 Å². The van der Waals surface area contributed by atoms with Gasteiger partial charge in [0.1, 0.15) is 13.2 Å². The molecular formula is C9H15NO4. The van der Waals surface area contributed by atoms with Crippen molar-refractivity contribution in [1.82, 2.24) is 4.90 Å². The fraction of sp³-hybridized carbons (Fsp3) is 0.778. The Morgan fingerprint density at radius 1 is 1.71 bits per heavy atom. The number of esters is 1. The Labute approximate surface area is 83.0 Å². The van der Waals surface area contributed by atoms with E-state index < -0.39 is 12.1 Å². The zero-order valence-electron chi connectivity index (χ0n) is 8.65. The molecule has 0 aromatic rings. The maximum Gasteiger partial charge on any atom is 0.410 e. The Morgan fingerprint density at radius 3 is 2.86 bits per heavy atom. The summed E-state index contributed by atoms with van der Waals surface area (Å²) in [4.78, 5) is 23.7. The van der Waals surface area contributed by atoms with Crippen LogP contribution in [0.1, 0.15) is 13.8 Å². The largest absolute Gasteiger partial charge is 0.468 e. The van der Waals surface area contributed by atoms with Crippen LogP contribution in [-0.2, 0) is 14.3 Å². The summed E-state index contributed by atoms with van der Waals surface area (Å²) in [6, 6.07) is -0.0263. The standard InChI is InChI=1S/C9H15NO4/c1-6(2)7-5-14-9(12)10(7)4-8(11)13-3/h6-7H,4-5H2,1-3H3/t7-/m1/s1. The van der Waals surface area contributed by atoms with Crippen molar-refractivity contribution in [2.45, 2.75) is 19.9 Å². The Hall–Kier alpha value is -1.26. The number of carbonyl (C=O) groups excluding carboxylic acids is 2. The second-order valence-corrected chi connectivity index (χ2v) is 3.59. The molecular weight excluding hydrogens is 186 g/mol. The molecule has 0 radical (unpaired) electrons. The lowest BCUT2D eigenvalue weighted by molar-refractivity contribution is -0.141. The van der Waals surface area contributed by atoms with Gasteiger partial charge in [0.05, 0.1) is 13.2 Å². The van der Waals surface area contributed by atoms with E-state index in [1.807, 2.05) is 13.8 Å². The lowest BCUT2D eigenvalue weighted by Gasteiger charge is -2.22. The van der Waals surface area contributed by atoms with E-state index in [9.17, 15) is 9.59 Å². The van der Waals surface area contributed by atoms with E-state index in [1.165, 1.54) is 12.0 Å². The molecule has 14 heavy (non-hydrogen) atoms. The molecule has 1 fully saturated rings. The van der Waals surface area contributed by atoms with Crippen molar-refractivity contribution in [3.63, 3.8) is 0 Å². The highest BCUT2D eigenvalue weighted by atomic mass is 16.6. The molecule has 1 rings (SSSR count). The number of rotatable bonds is 3. The second-order valence-electron chi connectivity index (χ2n) is 3.59. The fourth-order valence-corrected chi connectivity index (χ4v) is 1.40. The molecule has 0 aromatic heterocycles. The molecule has 0 spiro atoms. The second kappa shape index (κ2) is 4.30. The number of nitrogens with zero attached hydrogens (tertiary/aromatic N) is 1. The maximum atomic E-state index is 11.2. The van der Waals surface area contributed by atoms with Crippen molar-refractivity contribution in [3.8, 4) is 0 Å². The lowest BCUT2D eigenvalue weighted by atomic mass is 10.1. The number of carbonyl (C=O) groups is 2. The smallest absolute Gasteiger partial charge is 0.410 e. The molecule has 0 saturated carbocycles. The SMILES string of the molecule is COC(=O)CN1C(=O)OC[C@@H]1C(C)C. The molecule has 0 aromatic carbocycles. The van der Waals surface area contributed by atoms with Gasteiger partial charge in [-0.2, -0.15) is 0 Å². The van der Waals surface area contributed by atoms with Crippen molar-refractivity contribution in [1.29, 1.82) is 0 Å². The average molecular weight is 201 g/mol. The molecule has 5 nitrogen and oxygen atoms in total. The summed E-state index contributed by atoms with van der Waals surface area (Å²) in [6.45, 7) is 4.29. The van der Waals surface area contributed by atoms with Gasteiger partial charge in [-0.1, -0.05) is 13.8 Å². The molecule has 5 heteroatoms. The molecule has 0 unspecified atom stereocenters. The van der Waals surface area contributed by atoms with E-state index >= 15 is 0 Å². The van der Waals surface area contributed by atoms with Crippen LogP contribution in [0.2, 0.25) is 0 Å². The highest BCUT2D eigenvalue weighted by molar-refractivity contribution is 5.79. The predicted molar refractivity (Wildman–Crippen MR) is 48.7 cm³/mol. The summed E-state index contributed by atoms with van der Waals surface area (Å²) in [7, 11) is 1.30. The van der Waals surface area contributed by atoms with Gasteiger partial charge in [-0.05, 0) is 5.92 Å².